The molecule has 0 heterocycles. The summed E-state index contributed by atoms with van der Waals surface area (Å²) in [4.78, 5) is 46.2. The van der Waals surface area contributed by atoms with Crippen molar-refractivity contribution in [3.63, 3.8) is 0 Å². The van der Waals surface area contributed by atoms with Crippen molar-refractivity contribution in [3.8, 4) is 0 Å². The Hall–Kier alpha value is -2.74. The molecule has 0 saturated heterocycles. The van der Waals surface area contributed by atoms with E-state index < -0.39 is 12.2 Å². The molecular formula is C54H74I2O8. The number of carbonyl (C=O) groups excluding carboxylic acids is 4. The molecular weight excluding hydrogens is 1030 g/mol. The average Bonchev–Trinajstić information content (AvgIpc) is 3.76. The lowest BCUT2D eigenvalue weighted by Gasteiger charge is -2.44. The number of hydrogen-bond donors (Lipinski definition) is 0. The molecule has 0 radical (unpaired) electrons. The summed E-state index contributed by atoms with van der Waals surface area (Å²) in [5.74, 6) is 2.59. The van der Waals surface area contributed by atoms with Gasteiger partial charge < -0.3 is 18.9 Å². The lowest BCUT2D eigenvalue weighted by atomic mass is 9.61. The van der Waals surface area contributed by atoms with Crippen LogP contribution in [0.3, 0.4) is 0 Å². The van der Waals surface area contributed by atoms with Gasteiger partial charge in [-0.2, -0.15) is 0 Å². The van der Waals surface area contributed by atoms with Gasteiger partial charge in [0.1, 0.15) is 24.4 Å². The van der Waals surface area contributed by atoms with Crippen LogP contribution in [0.15, 0.2) is 91.2 Å². The first-order chi connectivity index (χ1) is 30.3. The van der Waals surface area contributed by atoms with E-state index in [1.54, 1.807) is 0 Å². The Labute approximate surface area is 411 Å². The second kappa shape index (κ2) is 23.3. The predicted molar refractivity (Wildman–Crippen MR) is 272 cm³/mol. The lowest BCUT2D eigenvalue weighted by Crippen LogP contribution is -2.35. The number of carbonyl (C=O) groups is 4. The molecule has 352 valence electrons. The van der Waals surface area contributed by atoms with Gasteiger partial charge in [0.15, 0.2) is 0 Å². The summed E-state index contributed by atoms with van der Waals surface area (Å²) in [5, 5.41) is 0. The third kappa shape index (κ3) is 12.8. The molecule has 10 heteroatoms. The van der Waals surface area contributed by atoms with Crippen LogP contribution in [0, 0.1) is 46.3 Å². The van der Waals surface area contributed by atoms with Gasteiger partial charge >= 0.3 is 23.9 Å². The molecule has 0 bridgehead atoms. The largest absolute Gasteiger partial charge is 0.462 e. The maximum atomic E-state index is 11.6. The molecule has 0 aromatic heterocycles. The summed E-state index contributed by atoms with van der Waals surface area (Å²) >= 11 is 4.66. The molecule has 12 atom stereocenters. The topological polar surface area (TPSA) is 105 Å². The minimum atomic E-state index is -0.441. The van der Waals surface area contributed by atoms with Crippen LogP contribution in [0.25, 0.3) is 0 Å². The molecule has 6 fully saturated rings. The number of fused-ring (bicyclic) bond motifs is 2. The van der Waals surface area contributed by atoms with Crippen LogP contribution in [-0.4, -0.2) is 48.3 Å². The van der Waals surface area contributed by atoms with Crippen LogP contribution < -0.4 is 0 Å². The highest BCUT2D eigenvalue weighted by Crippen LogP contribution is 2.61. The van der Waals surface area contributed by atoms with Crippen LogP contribution >= 0.6 is 45.2 Å². The van der Waals surface area contributed by atoms with Gasteiger partial charge in [-0.15, -0.1) is 0 Å². The highest BCUT2D eigenvalue weighted by molar-refractivity contribution is 14.1. The van der Waals surface area contributed by atoms with E-state index in [1.165, 1.54) is 90.2 Å². The molecule has 0 aliphatic heterocycles. The number of rotatable bonds is 10. The van der Waals surface area contributed by atoms with Crippen molar-refractivity contribution in [3.05, 3.63) is 91.2 Å². The Morgan fingerprint density at radius 2 is 0.953 bits per heavy atom. The summed E-state index contributed by atoms with van der Waals surface area (Å²) in [6, 6.07) is 0. The van der Waals surface area contributed by atoms with E-state index in [9.17, 15) is 19.2 Å². The number of allylic oxidation sites excluding steroid dienone is 8. The Balaban J connectivity index is 0.000000241. The fourth-order valence-electron chi connectivity index (χ4n) is 12.9. The van der Waals surface area contributed by atoms with Crippen molar-refractivity contribution in [2.75, 3.05) is 0 Å². The van der Waals surface area contributed by atoms with Crippen molar-refractivity contribution in [2.45, 2.75) is 170 Å². The number of halogens is 2. The Kier molecular flexibility index (Phi) is 19.0. The van der Waals surface area contributed by atoms with Gasteiger partial charge in [-0.1, -0.05) is 134 Å². The van der Waals surface area contributed by atoms with E-state index in [0.717, 1.165) is 47.0 Å². The standard InChI is InChI=1S/2C27H37IO4/c2*1-17(12-14-28)24-10-11-25-21(7-6-13-27(24,25)5)8-9-22-15-23(31-19(3)29)16-26(18(22)2)32-20(4)30/h2*8-9,12,14,17,23-26H,2,6-7,10-11,13,15-16H2,1,3-5H3/b14-12+,21-8+,22-9+;14-12+,21-8+,22-9-/t2*17-,23-,24-,25+,26+,27-/m11/s1. The molecule has 0 aromatic carbocycles. The third-order valence-electron chi connectivity index (χ3n) is 15.8. The fraction of sp³-hybridized carbons (Fsp3) is 0.630. The minimum absolute atomic E-state index is 0.291. The molecule has 0 aromatic rings. The quantitative estimate of drug-likeness (QED) is 0.121. The van der Waals surface area contributed by atoms with Gasteiger partial charge in [0.2, 0.25) is 0 Å². The molecule has 6 saturated carbocycles. The van der Waals surface area contributed by atoms with Crippen LogP contribution in [0.4, 0.5) is 0 Å². The van der Waals surface area contributed by atoms with Crippen LogP contribution in [-0.2, 0) is 38.1 Å². The molecule has 64 heavy (non-hydrogen) atoms. The second-order valence-corrected chi connectivity index (χ2v) is 21.4. The van der Waals surface area contributed by atoms with Gasteiger partial charge in [0, 0.05) is 53.4 Å². The van der Waals surface area contributed by atoms with Gasteiger partial charge in [0.05, 0.1) is 0 Å². The van der Waals surface area contributed by atoms with Crippen molar-refractivity contribution < 1.29 is 38.1 Å². The first-order valence-corrected chi connectivity index (χ1v) is 26.2. The lowest BCUT2D eigenvalue weighted by molar-refractivity contribution is -0.154. The van der Waals surface area contributed by atoms with Crippen molar-refractivity contribution in [2.24, 2.45) is 46.3 Å². The normalized spacial score (nSPS) is 36.3. The van der Waals surface area contributed by atoms with Crippen molar-refractivity contribution in [1.82, 2.24) is 0 Å². The zero-order valence-electron chi connectivity index (χ0n) is 39.7. The number of esters is 4. The van der Waals surface area contributed by atoms with Gasteiger partial charge in [-0.05, 0) is 141 Å². The zero-order chi connectivity index (χ0) is 46.9. The third-order valence-corrected chi connectivity index (χ3v) is 16.7. The summed E-state index contributed by atoms with van der Waals surface area (Å²) in [6.45, 7) is 23.8. The highest BCUT2D eigenvalue weighted by atomic mass is 127. The van der Waals surface area contributed by atoms with E-state index >= 15 is 0 Å². The van der Waals surface area contributed by atoms with Gasteiger partial charge in [0.25, 0.3) is 0 Å². The molecule has 6 aliphatic rings. The van der Waals surface area contributed by atoms with E-state index in [4.69, 9.17) is 18.9 Å². The molecule has 0 amide bonds. The van der Waals surface area contributed by atoms with Crippen molar-refractivity contribution >= 4 is 69.1 Å². The Morgan fingerprint density at radius 1 is 0.594 bits per heavy atom. The van der Waals surface area contributed by atoms with E-state index in [2.05, 4.69) is 131 Å². The fourth-order valence-corrected chi connectivity index (χ4v) is 14.2. The summed E-state index contributed by atoms with van der Waals surface area (Å²) in [5.41, 5.74) is 7.45. The maximum Gasteiger partial charge on any atom is 0.303 e. The molecule has 6 rings (SSSR count). The number of hydrogen-bond acceptors (Lipinski definition) is 8. The van der Waals surface area contributed by atoms with E-state index in [-0.39, 0.29) is 36.1 Å². The highest BCUT2D eigenvalue weighted by Gasteiger charge is 2.51. The second-order valence-electron chi connectivity index (χ2n) is 20.0. The molecule has 6 aliphatic carbocycles. The van der Waals surface area contributed by atoms with Crippen molar-refractivity contribution in [1.29, 1.82) is 0 Å². The molecule has 0 N–H and O–H groups in total. The number of ether oxygens (including phenoxy) is 4. The average molecular weight is 1100 g/mol. The van der Waals surface area contributed by atoms with E-state index in [1.807, 2.05) is 0 Å². The summed E-state index contributed by atoms with van der Waals surface area (Å²) in [7, 11) is 0. The first kappa shape index (κ1) is 52.2. The van der Waals surface area contributed by atoms with Gasteiger partial charge in [-0.25, -0.2) is 0 Å². The Bertz CT molecular complexity index is 1820. The zero-order valence-corrected chi connectivity index (χ0v) is 44.0. The molecule has 0 spiro atoms. The van der Waals surface area contributed by atoms with Gasteiger partial charge in [-0.3, -0.25) is 19.2 Å². The predicted octanol–water partition coefficient (Wildman–Crippen LogP) is 13.7. The van der Waals surface area contributed by atoms with Crippen LogP contribution in [0.2, 0.25) is 0 Å². The maximum absolute atomic E-state index is 11.6. The molecule has 8 nitrogen and oxygen atoms in total. The molecule has 0 unspecified atom stereocenters. The monoisotopic (exact) mass is 1100 g/mol. The Morgan fingerprint density at radius 3 is 1.28 bits per heavy atom. The van der Waals surface area contributed by atoms with Crippen LogP contribution in [0.5, 0.6) is 0 Å². The smallest absolute Gasteiger partial charge is 0.303 e. The first-order valence-electron chi connectivity index (χ1n) is 23.7. The minimum Gasteiger partial charge on any atom is -0.462 e. The summed E-state index contributed by atoms with van der Waals surface area (Å²) < 4.78 is 26.3. The summed E-state index contributed by atoms with van der Waals surface area (Å²) in [6.07, 6.45) is 26.7. The van der Waals surface area contributed by atoms with E-state index in [0.29, 0.717) is 60.2 Å². The SMILES string of the molecule is C=C1/C(=C/C=C2\CCC[C@]3(C)[C@@H]([C@H](C)/C=C/I)CC[C@@H]23)C[C@@H](OC(C)=O)C[C@@H]1OC(C)=O.C=C1/C(=C\C=C2/CCC[C@]3(C)[C@@H]([C@H](C)/C=C/I)CC[C@@H]23)C[C@@H](OC(C)=O)C[C@@H]1OC(C)=O. The van der Waals surface area contributed by atoms with Crippen LogP contribution in [0.1, 0.15) is 145 Å².